The summed E-state index contributed by atoms with van der Waals surface area (Å²) in [6, 6.07) is 0. The molecule has 0 amide bonds. The Balaban J connectivity index is 2.09. The van der Waals surface area contributed by atoms with Crippen LogP contribution < -0.4 is 0 Å². The minimum absolute atomic E-state index is 0.140. The van der Waals surface area contributed by atoms with Gasteiger partial charge in [-0.2, -0.15) is 0 Å². The topological polar surface area (TPSA) is 46.5 Å². The molecule has 1 rings (SSSR count). The first-order valence-electron chi connectivity index (χ1n) is 6.76. The summed E-state index contributed by atoms with van der Waals surface area (Å²) in [5.41, 5.74) is 0. The fourth-order valence-corrected chi connectivity index (χ4v) is 2.04. The van der Waals surface area contributed by atoms with Gasteiger partial charge in [-0.25, -0.2) is 0 Å². The summed E-state index contributed by atoms with van der Waals surface area (Å²) in [6.07, 6.45) is 11.3. The van der Waals surface area contributed by atoms with Gasteiger partial charge in [0, 0.05) is 6.42 Å². The lowest BCUT2D eigenvalue weighted by Crippen LogP contribution is -2.31. The molecule has 0 aliphatic carbocycles. The number of esters is 1. The molecule has 0 unspecified atom stereocenters. The Hall–Kier alpha value is -0.830. The summed E-state index contributed by atoms with van der Waals surface area (Å²) < 4.78 is 5.12. The Morgan fingerprint density at radius 1 is 1.35 bits per heavy atom. The van der Waals surface area contributed by atoms with Gasteiger partial charge in [0.15, 0.2) is 0 Å². The monoisotopic (exact) mass is 240 g/mol. The van der Waals surface area contributed by atoms with Crippen LogP contribution in [0.2, 0.25) is 0 Å². The molecule has 0 aromatic heterocycles. The van der Waals surface area contributed by atoms with E-state index in [-0.39, 0.29) is 18.5 Å². The number of allylic oxidation sites excluding steroid dienone is 1. The van der Waals surface area contributed by atoms with Crippen LogP contribution in [-0.2, 0) is 9.53 Å². The molecule has 1 aliphatic rings. The van der Waals surface area contributed by atoms with Crippen molar-refractivity contribution < 1.29 is 14.6 Å². The van der Waals surface area contributed by atoms with Gasteiger partial charge in [0.1, 0.15) is 6.10 Å². The highest BCUT2D eigenvalue weighted by molar-refractivity contribution is 5.71. The van der Waals surface area contributed by atoms with Gasteiger partial charge in [-0.1, -0.05) is 38.7 Å². The number of carbonyl (C=O) groups is 1. The third-order valence-electron chi connectivity index (χ3n) is 3.01. The molecule has 98 valence electrons. The van der Waals surface area contributed by atoms with E-state index < -0.39 is 6.10 Å². The van der Waals surface area contributed by atoms with E-state index in [9.17, 15) is 9.90 Å². The van der Waals surface area contributed by atoms with Crippen molar-refractivity contribution in [1.82, 2.24) is 0 Å². The van der Waals surface area contributed by atoms with Crippen molar-refractivity contribution in [3.05, 3.63) is 12.2 Å². The highest BCUT2D eigenvalue weighted by Crippen LogP contribution is 2.16. The molecule has 3 heteroatoms. The fraction of sp³-hybridized carbons (Fsp3) is 0.786. The smallest absolute Gasteiger partial charge is 0.309 e. The molecule has 3 nitrogen and oxygen atoms in total. The van der Waals surface area contributed by atoms with Crippen molar-refractivity contribution in [1.29, 1.82) is 0 Å². The Labute approximate surface area is 104 Å². The second kappa shape index (κ2) is 8.29. The summed E-state index contributed by atoms with van der Waals surface area (Å²) in [5, 5.41) is 9.42. The lowest BCUT2D eigenvalue weighted by Gasteiger charge is -2.23. The number of unbranched alkanes of at least 4 members (excludes halogenated alkanes) is 5. The number of rotatable bonds is 7. The fourth-order valence-electron chi connectivity index (χ4n) is 2.04. The Bertz CT molecular complexity index is 248. The standard InChI is InChI=1S/C14H24O3/c1-2-3-4-5-6-7-8-9-13-10-12(15)11-14(16)17-13/h8-9,12-13,15H,2-7,10-11H2,1H3/b9-8+/t12-,13+/m0/s1. The molecule has 1 N–H and O–H groups in total. The predicted molar refractivity (Wildman–Crippen MR) is 67.6 cm³/mol. The second-order valence-electron chi connectivity index (χ2n) is 4.75. The minimum Gasteiger partial charge on any atom is -0.458 e. The number of cyclic esters (lactones) is 1. The van der Waals surface area contributed by atoms with Crippen molar-refractivity contribution >= 4 is 5.97 Å². The van der Waals surface area contributed by atoms with Gasteiger partial charge < -0.3 is 9.84 Å². The Morgan fingerprint density at radius 2 is 2.12 bits per heavy atom. The third kappa shape index (κ3) is 6.47. The molecule has 0 radical (unpaired) electrons. The van der Waals surface area contributed by atoms with E-state index in [1.807, 2.05) is 6.08 Å². The highest BCUT2D eigenvalue weighted by Gasteiger charge is 2.24. The molecule has 2 atom stereocenters. The number of aliphatic hydroxyl groups is 1. The first kappa shape index (κ1) is 14.2. The molecular weight excluding hydrogens is 216 g/mol. The van der Waals surface area contributed by atoms with Gasteiger partial charge in [-0.15, -0.1) is 0 Å². The summed E-state index contributed by atoms with van der Waals surface area (Å²) in [5.74, 6) is -0.290. The molecule has 1 fully saturated rings. The van der Waals surface area contributed by atoms with Crippen LogP contribution in [0.25, 0.3) is 0 Å². The first-order valence-corrected chi connectivity index (χ1v) is 6.76. The van der Waals surface area contributed by atoms with E-state index in [0.29, 0.717) is 6.42 Å². The van der Waals surface area contributed by atoms with Crippen LogP contribution in [-0.4, -0.2) is 23.3 Å². The van der Waals surface area contributed by atoms with Crippen molar-refractivity contribution in [2.24, 2.45) is 0 Å². The summed E-state index contributed by atoms with van der Waals surface area (Å²) >= 11 is 0. The van der Waals surface area contributed by atoms with Crippen LogP contribution in [0.15, 0.2) is 12.2 Å². The minimum atomic E-state index is -0.532. The Kier molecular flexibility index (Phi) is 6.94. The third-order valence-corrected chi connectivity index (χ3v) is 3.01. The lowest BCUT2D eigenvalue weighted by molar-refractivity contribution is -0.156. The molecule has 0 spiro atoms. The number of hydrogen-bond donors (Lipinski definition) is 1. The molecule has 0 aromatic carbocycles. The van der Waals surface area contributed by atoms with Gasteiger partial charge in [-0.05, 0) is 18.9 Å². The molecule has 1 heterocycles. The maximum absolute atomic E-state index is 11.1. The van der Waals surface area contributed by atoms with Gasteiger partial charge in [-0.3, -0.25) is 4.79 Å². The van der Waals surface area contributed by atoms with Crippen LogP contribution in [0.3, 0.4) is 0 Å². The summed E-state index contributed by atoms with van der Waals surface area (Å²) in [6.45, 7) is 2.21. The normalized spacial score (nSPS) is 25.2. The molecule has 0 bridgehead atoms. The van der Waals surface area contributed by atoms with Crippen molar-refractivity contribution in [3.8, 4) is 0 Å². The van der Waals surface area contributed by atoms with E-state index >= 15 is 0 Å². The molecule has 0 aromatic rings. The highest BCUT2D eigenvalue weighted by atomic mass is 16.5. The van der Waals surface area contributed by atoms with Gasteiger partial charge in [0.05, 0.1) is 12.5 Å². The molecule has 1 saturated heterocycles. The quantitative estimate of drug-likeness (QED) is 0.423. The lowest BCUT2D eigenvalue weighted by atomic mass is 10.0. The molecule has 0 saturated carbocycles. The van der Waals surface area contributed by atoms with Crippen LogP contribution in [0, 0.1) is 0 Å². The second-order valence-corrected chi connectivity index (χ2v) is 4.75. The van der Waals surface area contributed by atoms with Crippen molar-refractivity contribution in [2.45, 2.75) is 70.5 Å². The van der Waals surface area contributed by atoms with Crippen molar-refractivity contribution in [2.75, 3.05) is 0 Å². The van der Waals surface area contributed by atoms with E-state index in [2.05, 4.69) is 13.0 Å². The van der Waals surface area contributed by atoms with Crippen LogP contribution in [0.4, 0.5) is 0 Å². The molecular formula is C14H24O3. The van der Waals surface area contributed by atoms with Crippen LogP contribution >= 0.6 is 0 Å². The maximum Gasteiger partial charge on any atom is 0.309 e. The first-order chi connectivity index (χ1) is 8.22. The van der Waals surface area contributed by atoms with E-state index in [0.717, 1.165) is 6.42 Å². The molecule has 17 heavy (non-hydrogen) atoms. The summed E-state index contributed by atoms with van der Waals surface area (Å²) in [7, 11) is 0. The van der Waals surface area contributed by atoms with Gasteiger partial charge in [0.2, 0.25) is 0 Å². The van der Waals surface area contributed by atoms with Gasteiger partial charge in [0.25, 0.3) is 0 Å². The zero-order chi connectivity index (χ0) is 12.5. The maximum atomic E-state index is 11.1. The van der Waals surface area contributed by atoms with Gasteiger partial charge >= 0.3 is 5.97 Å². The summed E-state index contributed by atoms with van der Waals surface area (Å²) in [4.78, 5) is 11.1. The molecule has 1 aliphatic heterocycles. The average molecular weight is 240 g/mol. The van der Waals surface area contributed by atoms with Crippen LogP contribution in [0.5, 0.6) is 0 Å². The zero-order valence-corrected chi connectivity index (χ0v) is 10.7. The number of carbonyl (C=O) groups excluding carboxylic acids is 1. The number of aliphatic hydroxyl groups excluding tert-OH is 1. The SMILES string of the molecule is CCCCCCC/C=C/[C@@H]1C[C@H](O)CC(=O)O1. The van der Waals surface area contributed by atoms with E-state index in [1.165, 1.54) is 32.1 Å². The van der Waals surface area contributed by atoms with E-state index in [4.69, 9.17) is 4.74 Å². The predicted octanol–water partition coefficient (Wildman–Crippen LogP) is 2.97. The number of hydrogen-bond acceptors (Lipinski definition) is 3. The van der Waals surface area contributed by atoms with E-state index in [1.54, 1.807) is 0 Å². The number of ether oxygens (including phenoxy) is 1. The van der Waals surface area contributed by atoms with Crippen molar-refractivity contribution in [3.63, 3.8) is 0 Å². The van der Waals surface area contributed by atoms with Crippen LogP contribution in [0.1, 0.15) is 58.3 Å². The largest absolute Gasteiger partial charge is 0.458 e. The zero-order valence-electron chi connectivity index (χ0n) is 10.7. The Morgan fingerprint density at radius 3 is 2.82 bits per heavy atom. The average Bonchev–Trinajstić information content (AvgIpc) is 2.26.